The smallest absolute Gasteiger partial charge is 0.457 e. The maximum Gasteiger partial charge on any atom is 0.508 e. The Morgan fingerprint density at radius 2 is 2.00 bits per heavy atom. The van der Waals surface area contributed by atoms with Gasteiger partial charge in [0.05, 0.1) is 6.61 Å². The van der Waals surface area contributed by atoms with Crippen LogP contribution in [-0.4, -0.2) is 83.1 Å². The largest absolute Gasteiger partial charge is 0.508 e. The van der Waals surface area contributed by atoms with Crippen LogP contribution in [0.5, 0.6) is 0 Å². The number of thioether (sulfide) groups is 1. The number of thiazole rings is 1. The summed E-state index contributed by atoms with van der Waals surface area (Å²) in [4.78, 5) is 60.2. The van der Waals surface area contributed by atoms with Gasteiger partial charge in [0.1, 0.15) is 42.6 Å². The van der Waals surface area contributed by atoms with Crippen molar-refractivity contribution in [2.24, 2.45) is 11.1 Å². The number of hydrogen-bond acceptors (Lipinski definition) is 13. The predicted molar refractivity (Wildman–Crippen MR) is 138 cm³/mol. The summed E-state index contributed by atoms with van der Waals surface area (Å²) < 4.78 is 14.5. The Kier molecular flexibility index (Phi) is 11.5. The van der Waals surface area contributed by atoms with E-state index in [1.807, 2.05) is 13.8 Å². The third-order valence-electron chi connectivity index (χ3n) is 4.68. The molecule has 16 heteroatoms. The first-order chi connectivity index (χ1) is 17.2. The number of hydrogen-bond donors (Lipinski definition) is 2. The van der Waals surface area contributed by atoms with Crippen molar-refractivity contribution >= 4 is 70.3 Å². The predicted octanol–water partition coefficient (Wildman–Crippen LogP) is 1.52. The number of carbonyl (C=O) groups excluding carboxylic acids is 4. The summed E-state index contributed by atoms with van der Waals surface area (Å²) in [6.45, 7) is 5.55. The topological polar surface area (TPSA) is 172 Å². The molecule has 1 fully saturated rings. The number of carbonyl (C=O) groups is 4. The van der Waals surface area contributed by atoms with Crippen LogP contribution in [0.4, 0.5) is 9.93 Å². The molecule has 0 radical (unpaired) electrons. The summed E-state index contributed by atoms with van der Waals surface area (Å²) in [5.41, 5.74) is 5.88. The Morgan fingerprint density at radius 3 is 2.65 bits per heavy atom. The van der Waals surface area contributed by atoms with E-state index in [2.05, 4.69) is 20.2 Å². The van der Waals surface area contributed by atoms with Crippen LogP contribution < -0.4 is 11.1 Å². The van der Waals surface area contributed by atoms with Gasteiger partial charge >= 0.3 is 12.1 Å². The monoisotopic (exact) mass is 577 g/mol. The number of esters is 1. The Balaban J connectivity index is 0.00000481. The van der Waals surface area contributed by atoms with Crippen molar-refractivity contribution in [2.75, 3.05) is 37.9 Å². The normalized spacial score (nSPS) is 18.6. The summed E-state index contributed by atoms with van der Waals surface area (Å²) in [6.07, 6.45) is 0.701. The summed E-state index contributed by atoms with van der Waals surface area (Å²) in [5, 5.41) is 7.90. The number of ether oxygens (including phenoxy) is 3. The first-order valence-corrected chi connectivity index (χ1v) is 13.0. The second-order valence-electron chi connectivity index (χ2n) is 7.84. The van der Waals surface area contributed by atoms with Gasteiger partial charge in [-0.05, 0) is 18.9 Å². The third kappa shape index (κ3) is 7.72. The summed E-state index contributed by atoms with van der Waals surface area (Å²) in [6, 6.07) is -0.891. The molecule has 3 heterocycles. The second kappa shape index (κ2) is 14.0. The lowest BCUT2D eigenvalue weighted by Gasteiger charge is -2.48. The standard InChI is InChI=1S/C21H27N5O8S2.ClH/c1-4-31-21(30)33-7-6-32-19(29)13-5-8-35-18-15(17(28)26(13)18)24-16(27)14(25-34-9-11(2)3)12-10-36-20(22)23-12;/h5,10-11,15,18H,4,6-9H2,1-3H3,(H2,22,23)(H,24,27);1H/t15?,18-;/m0./s1. The first-order valence-electron chi connectivity index (χ1n) is 11.1. The highest BCUT2D eigenvalue weighted by atomic mass is 35.5. The average molecular weight is 578 g/mol. The quantitative estimate of drug-likeness (QED) is 0.128. The number of oxime groups is 1. The Hall–Kier alpha value is -3.04. The molecule has 13 nitrogen and oxygen atoms in total. The van der Waals surface area contributed by atoms with Gasteiger partial charge in [-0.2, -0.15) is 0 Å². The highest BCUT2D eigenvalue weighted by Crippen LogP contribution is 2.37. The molecule has 3 rings (SSSR count). The van der Waals surface area contributed by atoms with Crippen LogP contribution >= 0.6 is 35.5 Å². The molecule has 0 aliphatic carbocycles. The molecule has 2 amide bonds. The molecule has 3 N–H and O–H groups in total. The van der Waals surface area contributed by atoms with E-state index in [0.717, 1.165) is 11.3 Å². The van der Waals surface area contributed by atoms with Crippen LogP contribution in [0.1, 0.15) is 26.5 Å². The Bertz CT molecular complexity index is 1060. The zero-order chi connectivity index (χ0) is 26.2. The van der Waals surface area contributed by atoms with Crippen molar-refractivity contribution in [3.05, 3.63) is 22.8 Å². The minimum absolute atomic E-state index is 0. The number of anilines is 1. The minimum atomic E-state index is -0.891. The number of nitrogen functional groups attached to an aromatic ring is 1. The van der Waals surface area contributed by atoms with Gasteiger partial charge in [-0.25, -0.2) is 14.6 Å². The minimum Gasteiger partial charge on any atom is -0.457 e. The number of nitrogens with one attached hydrogen (secondary N) is 1. The molecule has 2 aliphatic heterocycles. The maximum atomic E-state index is 13.0. The zero-order valence-corrected chi connectivity index (χ0v) is 22.8. The number of nitrogens with zero attached hydrogens (tertiary/aromatic N) is 3. The Labute approximate surface area is 227 Å². The van der Waals surface area contributed by atoms with E-state index in [-0.39, 0.29) is 67.0 Å². The lowest BCUT2D eigenvalue weighted by molar-refractivity contribution is -0.152. The molecule has 0 spiro atoms. The van der Waals surface area contributed by atoms with E-state index in [9.17, 15) is 19.2 Å². The number of amides is 2. The number of β-lactam (4-membered cyclic amide) rings is 1. The molecule has 0 saturated carbocycles. The van der Waals surface area contributed by atoms with Gasteiger partial charge in [0, 0.05) is 11.1 Å². The van der Waals surface area contributed by atoms with Gasteiger partial charge < -0.3 is 30.1 Å². The van der Waals surface area contributed by atoms with Crippen LogP contribution in [0.2, 0.25) is 0 Å². The maximum absolute atomic E-state index is 13.0. The summed E-state index contributed by atoms with van der Waals surface area (Å²) in [5.74, 6) is -1.27. The summed E-state index contributed by atoms with van der Waals surface area (Å²) >= 11 is 2.51. The SMILES string of the molecule is CCOC(=O)OCCOC(=O)C1=CCS[C@H]2C(NC(=O)C(=NOCC(C)C)c3csc(N)n3)C(=O)N12.Cl. The first kappa shape index (κ1) is 30.2. The highest BCUT2D eigenvalue weighted by Gasteiger charge is 2.53. The molecule has 2 atom stereocenters. The fourth-order valence-electron chi connectivity index (χ4n) is 3.08. The van der Waals surface area contributed by atoms with Gasteiger partial charge in [0.2, 0.25) is 0 Å². The molecule has 37 heavy (non-hydrogen) atoms. The molecule has 0 aromatic carbocycles. The number of fused-ring (bicyclic) bond motifs is 1. The van der Waals surface area contributed by atoms with Crippen molar-refractivity contribution in [1.82, 2.24) is 15.2 Å². The lowest BCUT2D eigenvalue weighted by Crippen LogP contribution is -2.70. The molecule has 2 aliphatic rings. The number of halogens is 1. The molecular formula is C21H28ClN5O8S2. The molecule has 1 saturated heterocycles. The van der Waals surface area contributed by atoms with E-state index in [0.29, 0.717) is 5.75 Å². The van der Waals surface area contributed by atoms with Crippen molar-refractivity contribution < 1.29 is 38.2 Å². The van der Waals surface area contributed by atoms with Crippen molar-refractivity contribution in [3.8, 4) is 0 Å². The third-order valence-corrected chi connectivity index (χ3v) is 6.54. The lowest BCUT2D eigenvalue weighted by atomic mass is 10.0. The molecular weight excluding hydrogens is 550 g/mol. The number of aromatic nitrogens is 1. The van der Waals surface area contributed by atoms with Crippen molar-refractivity contribution in [1.29, 1.82) is 0 Å². The van der Waals surface area contributed by atoms with Crippen LogP contribution in [0.25, 0.3) is 0 Å². The molecule has 0 bridgehead atoms. The summed E-state index contributed by atoms with van der Waals surface area (Å²) in [7, 11) is 0. The fraction of sp³-hybridized carbons (Fsp3) is 0.524. The van der Waals surface area contributed by atoms with E-state index >= 15 is 0 Å². The fourth-order valence-corrected chi connectivity index (χ4v) is 4.83. The van der Waals surface area contributed by atoms with E-state index in [1.54, 1.807) is 18.4 Å². The number of nitrogens with two attached hydrogens (primary N) is 1. The molecule has 1 aromatic rings. The zero-order valence-electron chi connectivity index (χ0n) is 20.3. The second-order valence-corrected chi connectivity index (χ2v) is 9.88. The van der Waals surface area contributed by atoms with E-state index in [4.69, 9.17) is 20.0 Å². The average Bonchev–Trinajstić information content (AvgIpc) is 3.27. The van der Waals surface area contributed by atoms with Crippen molar-refractivity contribution in [2.45, 2.75) is 32.2 Å². The van der Waals surface area contributed by atoms with Gasteiger partial charge in [-0.3, -0.25) is 14.5 Å². The van der Waals surface area contributed by atoms with E-state index < -0.39 is 35.4 Å². The highest BCUT2D eigenvalue weighted by molar-refractivity contribution is 8.00. The van der Waals surface area contributed by atoms with Crippen LogP contribution in [0, 0.1) is 5.92 Å². The van der Waals surface area contributed by atoms with Crippen molar-refractivity contribution in [3.63, 3.8) is 0 Å². The van der Waals surface area contributed by atoms with Gasteiger partial charge in [0.25, 0.3) is 11.8 Å². The molecule has 1 unspecified atom stereocenters. The van der Waals surface area contributed by atoms with E-state index in [1.165, 1.54) is 16.7 Å². The molecule has 204 valence electrons. The van der Waals surface area contributed by atoms with Gasteiger partial charge in [0.15, 0.2) is 10.8 Å². The molecule has 1 aromatic heterocycles. The van der Waals surface area contributed by atoms with Crippen LogP contribution in [0.3, 0.4) is 0 Å². The van der Waals surface area contributed by atoms with Crippen LogP contribution in [0.15, 0.2) is 22.3 Å². The van der Waals surface area contributed by atoms with Gasteiger partial charge in [-0.15, -0.1) is 35.5 Å². The van der Waals surface area contributed by atoms with Crippen LogP contribution in [-0.2, 0) is 33.4 Å². The van der Waals surface area contributed by atoms with Gasteiger partial charge in [-0.1, -0.05) is 19.0 Å². The number of rotatable bonds is 11. The Morgan fingerprint density at radius 1 is 1.27 bits per heavy atom.